The Labute approximate surface area is 155 Å². The Balaban J connectivity index is 1.98. The van der Waals surface area contributed by atoms with E-state index in [4.69, 9.17) is 4.74 Å². The summed E-state index contributed by atoms with van der Waals surface area (Å²) in [5.74, 6) is 0.0702. The SMILES string of the molecule is COc1cc(/C=N\NC(=O)[C@H](C)Nc2ccccc2C)cc(Br)c1O. The van der Waals surface area contributed by atoms with Gasteiger partial charge < -0.3 is 15.2 Å². The predicted octanol–water partition coefficient (Wildman–Crippen LogP) is 3.42. The summed E-state index contributed by atoms with van der Waals surface area (Å²) in [4.78, 5) is 12.1. The molecular weight excluding hydrogens is 386 g/mol. The number of para-hydroxylation sites is 1. The number of carbonyl (C=O) groups is 1. The fraction of sp³-hybridized carbons (Fsp3) is 0.222. The number of aromatic hydroxyl groups is 1. The highest BCUT2D eigenvalue weighted by molar-refractivity contribution is 9.10. The minimum Gasteiger partial charge on any atom is -0.503 e. The summed E-state index contributed by atoms with van der Waals surface area (Å²) in [5.41, 5.74) is 5.13. The van der Waals surface area contributed by atoms with Gasteiger partial charge in [-0.25, -0.2) is 5.43 Å². The molecule has 2 rings (SSSR count). The first kappa shape index (κ1) is 18.8. The summed E-state index contributed by atoms with van der Waals surface area (Å²) in [6, 6.07) is 10.6. The fourth-order valence-corrected chi connectivity index (χ4v) is 2.58. The Morgan fingerprint density at radius 3 is 2.76 bits per heavy atom. The number of methoxy groups -OCH3 is 1. The maximum absolute atomic E-state index is 12.1. The number of nitrogens with one attached hydrogen (secondary N) is 2. The average Bonchev–Trinajstić information content (AvgIpc) is 2.59. The Hall–Kier alpha value is -2.54. The van der Waals surface area contributed by atoms with Crippen molar-refractivity contribution in [1.82, 2.24) is 5.43 Å². The topological polar surface area (TPSA) is 83.0 Å². The number of nitrogens with zero attached hydrogens (tertiary/aromatic N) is 1. The van der Waals surface area contributed by atoms with Crippen LogP contribution in [0.5, 0.6) is 11.5 Å². The molecule has 0 aliphatic heterocycles. The molecule has 1 amide bonds. The lowest BCUT2D eigenvalue weighted by atomic mass is 10.2. The maximum atomic E-state index is 12.1. The van der Waals surface area contributed by atoms with Crippen molar-refractivity contribution >= 4 is 33.7 Å². The van der Waals surface area contributed by atoms with E-state index in [-0.39, 0.29) is 11.7 Å². The molecule has 3 N–H and O–H groups in total. The van der Waals surface area contributed by atoms with Gasteiger partial charge >= 0.3 is 0 Å². The third-order valence-corrected chi connectivity index (χ3v) is 4.17. The van der Waals surface area contributed by atoms with Crippen LogP contribution in [0.25, 0.3) is 0 Å². The van der Waals surface area contributed by atoms with Crippen LogP contribution in [0, 0.1) is 6.92 Å². The smallest absolute Gasteiger partial charge is 0.262 e. The van der Waals surface area contributed by atoms with E-state index in [1.165, 1.54) is 13.3 Å². The van der Waals surface area contributed by atoms with Crippen molar-refractivity contribution in [3.05, 3.63) is 52.0 Å². The summed E-state index contributed by atoms with van der Waals surface area (Å²) < 4.78 is 5.55. The van der Waals surface area contributed by atoms with Gasteiger partial charge in [0.25, 0.3) is 5.91 Å². The lowest BCUT2D eigenvalue weighted by Crippen LogP contribution is -2.35. The lowest BCUT2D eigenvalue weighted by Gasteiger charge is -2.15. The number of aryl methyl sites for hydroxylation is 1. The van der Waals surface area contributed by atoms with Gasteiger partial charge in [-0.3, -0.25) is 4.79 Å². The highest BCUT2D eigenvalue weighted by Crippen LogP contribution is 2.34. The highest BCUT2D eigenvalue weighted by Gasteiger charge is 2.12. The molecule has 0 saturated heterocycles. The van der Waals surface area contributed by atoms with Crippen molar-refractivity contribution in [1.29, 1.82) is 0 Å². The van der Waals surface area contributed by atoms with E-state index in [0.29, 0.717) is 15.8 Å². The molecule has 7 heteroatoms. The van der Waals surface area contributed by atoms with E-state index >= 15 is 0 Å². The van der Waals surface area contributed by atoms with Gasteiger partial charge in [0.1, 0.15) is 6.04 Å². The predicted molar refractivity (Wildman–Crippen MR) is 102 cm³/mol. The molecule has 1 atom stereocenters. The van der Waals surface area contributed by atoms with Crippen LogP contribution in [0.15, 0.2) is 46.0 Å². The molecule has 0 aliphatic rings. The zero-order valence-electron chi connectivity index (χ0n) is 14.2. The molecule has 0 radical (unpaired) electrons. The number of amides is 1. The monoisotopic (exact) mass is 405 g/mol. The van der Waals surface area contributed by atoms with Gasteiger partial charge in [-0.05, 0) is 59.1 Å². The molecule has 6 nitrogen and oxygen atoms in total. The number of carbonyl (C=O) groups excluding carboxylic acids is 1. The molecule has 0 unspecified atom stereocenters. The average molecular weight is 406 g/mol. The van der Waals surface area contributed by atoms with Crippen molar-refractivity contribution in [3.63, 3.8) is 0 Å². The van der Waals surface area contributed by atoms with Gasteiger partial charge in [-0.1, -0.05) is 18.2 Å². The highest BCUT2D eigenvalue weighted by atomic mass is 79.9. The first-order valence-electron chi connectivity index (χ1n) is 7.64. The van der Waals surface area contributed by atoms with E-state index in [2.05, 4.69) is 31.8 Å². The number of phenolic OH excluding ortho intramolecular Hbond substituents is 1. The van der Waals surface area contributed by atoms with Crippen LogP contribution in [-0.4, -0.2) is 30.4 Å². The number of benzene rings is 2. The molecule has 132 valence electrons. The number of hydrogen-bond acceptors (Lipinski definition) is 5. The molecular formula is C18H20BrN3O3. The van der Waals surface area contributed by atoms with E-state index in [1.54, 1.807) is 19.1 Å². The normalized spacial score (nSPS) is 12.0. The second-order valence-electron chi connectivity index (χ2n) is 5.47. The van der Waals surface area contributed by atoms with E-state index in [0.717, 1.165) is 11.3 Å². The third-order valence-electron chi connectivity index (χ3n) is 3.57. The first-order chi connectivity index (χ1) is 11.9. The van der Waals surface area contributed by atoms with Gasteiger partial charge in [0.2, 0.25) is 0 Å². The number of phenols is 1. The minimum absolute atomic E-state index is 0.0136. The number of hydrazone groups is 1. The van der Waals surface area contributed by atoms with Crippen molar-refractivity contribution in [2.24, 2.45) is 5.10 Å². The summed E-state index contributed by atoms with van der Waals surface area (Å²) in [6.45, 7) is 3.73. The standard InChI is InChI=1S/C18H20BrN3O3/c1-11-6-4-5-7-15(11)21-12(2)18(24)22-20-10-13-8-14(19)17(23)16(9-13)25-3/h4-10,12,21,23H,1-3H3,(H,22,24)/b20-10-/t12-/m0/s1. The molecule has 0 fully saturated rings. The van der Waals surface area contributed by atoms with Crippen LogP contribution in [-0.2, 0) is 4.79 Å². The largest absolute Gasteiger partial charge is 0.503 e. The van der Waals surface area contributed by atoms with Crippen molar-refractivity contribution in [3.8, 4) is 11.5 Å². The molecule has 0 spiro atoms. The van der Waals surface area contributed by atoms with Crippen LogP contribution >= 0.6 is 15.9 Å². The Bertz CT molecular complexity index is 793. The second-order valence-corrected chi connectivity index (χ2v) is 6.32. The van der Waals surface area contributed by atoms with Crippen LogP contribution in [0.4, 0.5) is 5.69 Å². The number of rotatable bonds is 6. The summed E-state index contributed by atoms with van der Waals surface area (Å²) in [5, 5.41) is 16.9. The lowest BCUT2D eigenvalue weighted by molar-refractivity contribution is -0.121. The maximum Gasteiger partial charge on any atom is 0.262 e. The minimum atomic E-state index is -0.445. The van der Waals surface area contributed by atoms with E-state index in [1.807, 2.05) is 31.2 Å². The number of ether oxygens (including phenoxy) is 1. The van der Waals surface area contributed by atoms with E-state index in [9.17, 15) is 9.90 Å². The fourth-order valence-electron chi connectivity index (χ4n) is 2.12. The molecule has 0 aromatic heterocycles. The Morgan fingerprint density at radius 2 is 2.08 bits per heavy atom. The molecule has 0 aliphatic carbocycles. The third kappa shape index (κ3) is 4.96. The van der Waals surface area contributed by atoms with Crippen molar-refractivity contribution in [2.45, 2.75) is 19.9 Å². The Kier molecular flexibility index (Phi) is 6.41. The summed E-state index contributed by atoms with van der Waals surface area (Å²) >= 11 is 3.24. The van der Waals surface area contributed by atoms with Crippen molar-refractivity contribution in [2.75, 3.05) is 12.4 Å². The van der Waals surface area contributed by atoms with Gasteiger partial charge in [-0.2, -0.15) is 5.10 Å². The van der Waals surface area contributed by atoms with Crippen LogP contribution in [0.1, 0.15) is 18.1 Å². The quantitative estimate of drug-likeness (QED) is 0.507. The number of anilines is 1. The second kappa shape index (κ2) is 8.53. The number of hydrogen-bond donors (Lipinski definition) is 3. The molecule has 2 aromatic rings. The van der Waals surface area contributed by atoms with Gasteiger partial charge in [0, 0.05) is 5.69 Å². The van der Waals surface area contributed by atoms with Crippen molar-refractivity contribution < 1.29 is 14.6 Å². The molecule has 0 bridgehead atoms. The zero-order chi connectivity index (χ0) is 18.4. The first-order valence-corrected chi connectivity index (χ1v) is 8.43. The summed E-state index contributed by atoms with van der Waals surface area (Å²) in [7, 11) is 1.46. The summed E-state index contributed by atoms with van der Waals surface area (Å²) in [6.07, 6.45) is 1.48. The molecule has 2 aromatic carbocycles. The Morgan fingerprint density at radius 1 is 1.36 bits per heavy atom. The van der Waals surface area contributed by atoms with E-state index < -0.39 is 6.04 Å². The van der Waals surface area contributed by atoms with Crippen LogP contribution in [0.2, 0.25) is 0 Å². The van der Waals surface area contributed by atoms with Crippen LogP contribution in [0.3, 0.4) is 0 Å². The molecule has 0 heterocycles. The van der Waals surface area contributed by atoms with Crippen LogP contribution < -0.4 is 15.5 Å². The zero-order valence-corrected chi connectivity index (χ0v) is 15.8. The molecule has 0 saturated carbocycles. The molecule has 25 heavy (non-hydrogen) atoms. The van der Waals surface area contributed by atoms with Gasteiger partial charge in [0.05, 0.1) is 17.8 Å². The van der Waals surface area contributed by atoms with Gasteiger partial charge in [0.15, 0.2) is 11.5 Å². The van der Waals surface area contributed by atoms with Gasteiger partial charge in [-0.15, -0.1) is 0 Å². The number of halogens is 1.